The number of hydrogen-bond donors (Lipinski definition) is 1. The molecule has 1 amide bonds. The maximum absolute atomic E-state index is 12.3. The van der Waals surface area contributed by atoms with E-state index in [1.807, 2.05) is 13.8 Å². The number of carbonyl (C=O) groups is 1. The van der Waals surface area contributed by atoms with Crippen molar-refractivity contribution in [3.8, 4) is 0 Å². The number of nitrogens with one attached hydrogen (secondary N) is 1. The van der Waals surface area contributed by atoms with E-state index in [0.29, 0.717) is 5.02 Å². The summed E-state index contributed by atoms with van der Waals surface area (Å²) in [5, 5.41) is 3.06. The molecule has 112 valence electrons. The highest BCUT2D eigenvalue weighted by Gasteiger charge is 2.23. The number of likely N-dealkylation sites (N-methyl/N-ethyl adjacent to an activating group) is 1. The summed E-state index contributed by atoms with van der Waals surface area (Å²) in [6.07, 6.45) is 0.788. The molecule has 20 heavy (non-hydrogen) atoms. The van der Waals surface area contributed by atoms with Crippen LogP contribution in [0, 0.1) is 0 Å². The smallest absolute Gasteiger partial charge is 0.243 e. The molecule has 1 atom stereocenters. The van der Waals surface area contributed by atoms with Crippen LogP contribution in [-0.2, 0) is 14.8 Å². The molecule has 0 aliphatic rings. The molecular formula is C13H19ClN2O3S. The molecule has 1 unspecified atom stereocenters. The van der Waals surface area contributed by atoms with E-state index < -0.39 is 10.0 Å². The van der Waals surface area contributed by atoms with Crippen molar-refractivity contribution < 1.29 is 13.2 Å². The Morgan fingerprint density at radius 3 is 2.65 bits per heavy atom. The molecule has 0 bridgehead atoms. The van der Waals surface area contributed by atoms with Crippen LogP contribution in [0.2, 0.25) is 5.02 Å². The topological polar surface area (TPSA) is 66.5 Å². The number of halogens is 1. The summed E-state index contributed by atoms with van der Waals surface area (Å²) < 4.78 is 25.5. The number of hydrogen-bond acceptors (Lipinski definition) is 3. The molecule has 0 aliphatic heterocycles. The lowest BCUT2D eigenvalue weighted by Crippen LogP contribution is -2.41. The lowest BCUT2D eigenvalue weighted by atomic mass is 10.2. The van der Waals surface area contributed by atoms with E-state index in [-0.39, 0.29) is 23.4 Å². The first-order valence-corrected chi connectivity index (χ1v) is 8.10. The van der Waals surface area contributed by atoms with Crippen molar-refractivity contribution in [2.75, 3.05) is 13.6 Å². The van der Waals surface area contributed by atoms with Gasteiger partial charge in [0.25, 0.3) is 0 Å². The molecule has 1 N–H and O–H groups in total. The molecule has 0 saturated carbocycles. The summed E-state index contributed by atoms with van der Waals surface area (Å²) in [5.41, 5.74) is 0. The van der Waals surface area contributed by atoms with Crippen LogP contribution < -0.4 is 5.32 Å². The Balaban J connectivity index is 2.80. The average Bonchev–Trinajstić information content (AvgIpc) is 2.38. The Labute approximate surface area is 125 Å². The van der Waals surface area contributed by atoms with Crippen molar-refractivity contribution >= 4 is 27.5 Å². The zero-order valence-electron chi connectivity index (χ0n) is 11.8. The van der Waals surface area contributed by atoms with Crippen LogP contribution in [0.4, 0.5) is 0 Å². The summed E-state index contributed by atoms with van der Waals surface area (Å²) in [6.45, 7) is 3.58. The van der Waals surface area contributed by atoms with Gasteiger partial charge >= 0.3 is 0 Å². The predicted octanol–water partition coefficient (Wildman–Crippen LogP) is 1.88. The van der Waals surface area contributed by atoms with Crippen molar-refractivity contribution in [3.63, 3.8) is 0 Å². The van der Waals surface area contributed by atoms with Gasteiger partial charge in [0.1, 0.15) is 0 Å². The second-order valence-electron chi connectivity index (χ2n) is 4.60. The molecule has 0 spiro atoms. The van der Waals surface area contributed by atoms with E-state index in [1.165, 1.54) is 19.2 Å². The summed E-state index contributed by atoms with van der Waals surface area (Å²) in [7, 11) is -2.34. The van der Waals surface area contributed by atoms with Gasteiger partial charge in [0.2, 0.25) is 15.9 Å². The van der Waals surface area contributed by atoms with Crippen molar-refractivity contribution in [1.82, 2.24) is 9.62 Å². The maximum atomic E-state index is 12.3. The molecule has 0 saturated heterocycles. The Morgan fingerprint density at radius 2 is 2.10 bits per heavy atom. The number of nitrogens with zero attached hydrogens (tertiary/aromatic N) is 1. The molecule has 0 heterocycles. The highest BCUT2D eigenvalue weighted by molar-refractivity contribution is 7.89. The fourth-order valence-electron chi connectivity index (χ4n) is 1.52. The second-order valence-corrected chi connectivity index (χ2v) is 7.08. The first-order chi connectivity index (χ1) is 9.27. The van der Waals surface area contributed by atoms with Crippen molar-refractivity contribution in [2.24, 2.45) is 0 Å². The zero-order valence-corrected chi connectivity index (χ0v) is 13.3. The number of sulfonamides is 1. The van der Waals surface area contributed by atoms with Gasteiger partial charge in [0, 0.05) is 18.1 Å². The molecule has 1 rings (SSSR count). The Bertz CT molecular complexity index is 575. The minimum Gasteiger partial charge on any atom is -0.353 e. The Hall–Kier alpha value is -1.11. The van der Waals surface area contributed by atoms with E-state index in [4.69, 9.17) is 11.6 Å². The lowest BCUT2D eigenvalue weighted by Gasteiger charge is -2.18. The third kappa shape index (κ3) is 4.47. The van der Waals surface area contributed by atoms with Crippen molar-refractivity contribution in [2.45, 2.75) is 31.2 Å². The SMILES string of the molecule is CCC(C)NC(=O)CN(C)S(=O)(=O)c1cccc(Cl)c1. The van der Waals surface area contributed by atoms with Crippen LogP contribution in [0.25, 0.3) is 0 Å². The first-order valence-electron chi connectivity index (χ1n) is 6.28. The monoisotopic (exact) mass is 318 g/mol. The molecule has 0 fully saturated rings. The highest BCUT2D eigenvalue weighted by atomic mass is 35.5. The third-order valence-corrected chi connectivity index (χ3v) is 4.92. The quantitative estimate of drug-likeness (QED) is 0.871. The number of benzene rings is 1. The fourth-order valence-corrected chi connectivity index (χ4v) is 2.95. The summed E-state index contributed by atoms with van der Waals surface area (Å²) in [6, 6.07) is 5.98. The summed E-state index contributed by atoms with van der Waals surface area (Å²) >= 11 is 5.79. The predicted molar refractivity (Wildman–Crippen MR) is 79.2 cm³/mol. The largest absolute Gasteiger partial charge is 0.353 e. The van der Waals surface area contributed by atoms with Crippen molar-refractivity contribution in [3.05, 3.63) is 29.3 Å². The maximum Gasteiger partial charge on any atom is 0.243 e. The Kier molecular flexibility index (Phi) is 5.98. The van der Waals surface area contributed by atoms with Gasteiger partial charge in [-0.05, 0) is 31.5 Å². The van der Waals surface area contributed by atoms with Gasteiger partial charge in [-0.1, -0.05) is 24.6 Å². The minimum atomic E-state index is -3.71. The van der Waals surface area contributed by atoms with Gasteiger partial charge in [-0.15, -0.1) is 0 Å². The van der Waals surface area contributed by atoms with Crippen LogP contribution in [0.1, 0.15) is 20.3 Å². The first kappa shape index (κ1) is 16.9. The zero-order chi connectivity index (χ0) is 15.3. The van der Waals surface area contributed by atoms with Crippen LogP contribution in [0.5, 0.6) is 0 Å². The second kappa shape index (κ2) is 7.06. The van der Waals surface area contributed by atoms with E-state index >= 15 is 0 Å². The van der Waals surface area contributed by atoms with Crippen LogP contribution in [0.15, 0.2) is 29.2 Å². The summed E-state index contributed by atoms with van der Waals surface area (Å²) in [4.78, 5) is 11.8. The van der Waals surface area contributed by atoms with Crippen LogP contribution >= 0.6 is 11.6 Å². The normalized spacial score (nSPS) is 13.2. The molecular weight excluding hydrogens is 300 g/mol. The molecule has 5 nitrogen and oxygen atoms in total. The number of rotatable bonds is 6. The van der Waals surface area contributed by atoms with Gasteiger partial charge in [-0.2, -0.15) is 4.31 Å². The van der Waals surface area contributed by atoms with Gasteiger partial charge in [-0.3, -0.25) is 4.79 Å². The Morgan fingerprint density at radius 1 is 1.45 bits per heavy atom. The molecule has 0 radical (unpaired) electrons. The van der Waals surface area contributed by atoms with Crippen molar-refractivity contribution in [1.29, 1.82) is 0 Å². The highest BCUT2D eigenvalue weighted by Crippen LogP contribution is 2.18. The number of carbonyl (C=O) groups excluding carboxylic acids is 1. The van der Waals surface area contributed by atoms with Gasteiger partial charge in [-0.25, -0.2) is 8.42 Å². The minimum absolute atomic E-state index is 0.0183. The van der Waals surface area contributed by atoms with Crippen LogP contribution in [-0.4, -0.2) is 38.3 Å². The van der Waals surface area contributed by atoms with Gasteiger partial charge in [0.15, 0.2) is 0 Å². The van der Waals surface area contributed by atoms with E-state index in [2.05, 4.69) is 5.32 Å². The third-order valence-electron chi connectivity index (χ3n) is 2.89. The van der Waals surface area contributed by atoms with E-state index in [9.17, 15) is 13.2 Å². The molecule has 0 aromatic heterocycles. The average molecular weight is 319 g/mol. The van der Waals surface area contributed by atoms with Gasteiger partial charge in [0.05, 0.1) is 11.4 Å². The molecule has 7 heteroatoms. The lowest BCUT2D eigenvalue weighted by molar-refractivity contribution is -0.121. The molecule has 0 aliphatic carbocycles. The summed E-state index contributed by atoms with van der Waals surface area (Å²) in [5.74, 6) is -0.326. The molecule has 1 aromatic carbocycles. The molecule has 1 aromatic rings. The fraction of sp³-hybridized carbons (Fsp3) is 0.462. The van der Waals surface area contributed by atoms with E-state index in [1.54, 1.807) is 12.1 Å². The van der Waals surface area contributed by atoms with Gasteiger partial charge < -0.3 is 5.32 Å². The van der Waals surface area contributed by atoms with Crippen LogP contribution in [0.3, 0.4) is 0 Å². The van der Waals surface area contributed by atoms with E-state index in [0.717, 1.165) is 10.7 Å². The number of amides is 1. The standard InChI is InChI=1S/C13H19ClN2O3S/c1-4-10(2)15-13(17)9-16(3)20(18,19)12-7-5-6-11(14)8-12/h5-8,10H,4,9H2,1-3H3,(H,15,17).